The minimum Gasteiger partial charge on any atom is -0.480 e. The first-order chi connectivity index (χ1) is 6.81. The number of nitrogens with two attached hydrogens (primary N) is 1. The highest BCUT2D eigenvalue weighted by Crippen LogP contribution is 2.25. The second-order valence-corrected chi connectivity index (χ2v) is 2.83. The van der Waals surface area contributed by atoms with Crippen molar-refractivity contribution in [2.45, 2.75) is 6.10 Å². The second-order valence-electron chi connectivity index (χ2n) is 2.83. The number of nitrogen functional groups attached to an aromatic ring is 1. The number of ether oxygens (including phenoxy) is 3. The minimum atomic E-state index is -0.238. The summed E-state index contributed by atoms with van der Waals surface area (Å²) in [5.41, 5.74) is 6.23. The molecule has 2 rings (SSSR count). The van der Waals surface area contributed by atoms with Crippen LogP contribution in [0, 0.1) is 0 Å². The molecule has 1 fully saturated rings. The van der Waals surface area contributed by atoms with Gasteiger partial charge in [-0.3, -0.25) is 0 Å². The SMILES string of the molecule is COc1cnc(N)c(C2COCO2)n1. The summed E-state index contributed by atoms with van der Waals surface area (Å²) in [5, 5.41) is 0. The number of aromatic nitrogens is 2. The number of hydrogen-bond donors (Lipinski definition) is 1. The van der Waals surface area contributed by atoms with Gasteiger partial charge in [0, 0.05) is 0 Å². The summed E-state index contributed by atoms with van der Waals surface area (Å²) >= 11 is 0. The van der Waals surface area contributed by atoms with Crippen molar-refractivity contribution in [3.8, 4) is 5.88 Å². The lowest BCUT2D eigenvalue weighted by Gasteiger charge is -2.09. The van der Waals surface area contributed by atoms with Crippen molar-refractivity contribution >= 4 is 5.82 Å². The Morgan fingerprint density at radius 2 is 2.50 bits per heavy atom. The molecule has 1 aromatic heterocycles. The van der Waals surface area contributed by atoms with Crippen LogP contribution in [-0.4, -0.2) is 30.5 Å². The van der Waals surface area contributed by atoms with Crippen LogP contribution in [0.5, 0.6) is 5.88 Å². The molecule has 1 aromatic rings. The molecular formula is C8H11N3O3. The number of anilines is 1. The van der Waals surface area contributed by atoms with Crippen molar-refractivity contribution in [1.82, 2.24) is 9.97 Å². The lowest BCUT2D eigenvalue weighted by atomic mass is 10.2. The fourth-order valence-electron chi connectivity index (χ4n) is 1.22. The van der Waals surface area contributed by atoms with Crippen LogP contribution in [-0.2, 0) is 9.47 Å². The van der Waals surface area contributed by atoms with E-state index in [0.29, 0.717) is 24.0 Å². The summed E-state index contributed by atoms with van der Waals surface area (Å²) in [4.78, 5) is 8.11. The standard InChI is InChI=1S/C8H11N3O3/c1-12-6-2-10-8(9)7(11-6)5-3-13-4-14-5/h2,5H,3-4H2,1H3,(H2,9,10). The fraction of sp³-hybridized carbons (Fsp3) is 0.500. The number of rotatable bonds is 2. The third-order valence-electron chi connectivity index (χ3n) is 1.94. The Balaban J connectivity index is 2.29. The molecule has 0 bridgehead atoms. The number of methoxy groups -OCH3 is 1. The van der Waals surface area contributed by atoms with Crippen LogP contribution in [0.15, 0.2) is 6.20 Å². The van der Waals surface area contributed by atoms with Crippen LogP contribution in [0.1, 0.15) is 11.8 Å². The van der Waals surface area contributed by atoms with Gasteiger partial charge in [0.25, 0.3) is 0 Å². The van der Waals surface area contributed by atoms with Gasteiger partial charge in [-0.05, 0) is 0 Å². The Kier molecular flexibility index (Phi) is 2.47. The van der Waals surface area contributed by atoms with E-state index in [9.17, 15) is 0 Å². The van der Waals surface area contributed by atoms with Crippen LogP contribution < -0.4 is 10.5 Å². The van der Waals surface area contributed by atoms with E-state index in [2.05, 4.69) is 9.97 Å². The van der Waals surface area contributed by atoms with Crippen molar-refractivity contribution in [3.05, 3.63) is 11.9 Å². The number of hydrogen-bond acceptors (Lipinski definition) is 6. The maximum atomic E-state index is 5.66. The molecule has 2 heterocycles. The van der Waals surface area contributed by atoms with E-state index in [1.807, 2.05) is 0 Å². The van der Waals surface area contributed by atoms with Gasteiger partial charge < -0.3 is 19.9 Å². The van der Waals surface area contributed by atoms with Crippen LogP contribution in [0.4, 0.5) is 5.82 Å². The molecule has 76 valence electrons. The molecule has 0 spiro atoms. The van der Waals surface area contributed by atoms with Gasteiger partial charge in [0.15, 0.2) is 0 Å². The predicted molar refractivity (Wildman–Crippen MR) is 47.6 cm³/mol. The van der Waals surface area contributed by atoms with Crippen molar-refractivity contribution in [2.75, 3.05) is 26.2 Å². The Labute approximate surface area is 81.0 Å². The summed E-state index contributed by atoms with van der Waals surface area (Å²) in [6.07, 6.45) is 1.23. The summed E-state index contributed by atoms with van der Waals surface area (Å²) in [6.45, 7) is 0.717. The van der Waals surface area contributed by atoms with Gasteiger partial charge in [0.1, 0.15) is 24.4 Å². The molecule has 0 amide bonds. The monoisotopic (exact) mass is 197 g/mol. The third-order valence-corrected chi connectivity index (χ3v) is 1.94. The van der Waals surface area contributed by atoms with Crippen molar-refractivity contribution in [3.63, 3.8) is 0 Å². The fourth-order valence-corrected chi connectivity index (χ4v) is 1.22. The van der Waals surface area contributed by atoms with Gasteiger partial charge in [0.2, 0.25) is 5.88 Å². The lowest BCUT2D eigenvalue weighted by Crippen LogP contribution is -2.09. The molecule has 0 aromatic carbocycles. The largest absolute Gasteiger partial charge is 0.480 e. The molecule has 0 saturated carbocycles. The number of nitrogens with zero attached hydrogens (tertiary/aromatic N) is 2. The van der Waals surface area contributed by atoms with E-state index < -0.39 is 0 Å². The Morgan fingerprint density at radius 1 is 1.64 bits per heavy atom. The second kappa shape index (κ2) is 3.77. The summed E-state index contributed by atoms with van der Waals surface area (Å²) in [7, 11) is 1.52. The Morgan fingerprint density at radius 3 is 3.14 bits per heavy atom. The van der Waals surface area contributed by atoms with Gasteiger partial charge in [-0.1, -0.05) is 0 Å². The zero-order valence-corrected chi connectivity index (χ0v) is 7.77. The molecule has 2 N–H and O–H groups in total. The zero-order chi connectivity index (χ0) is 9.97. The predicted octanol–water partition coefficient (Wildman–Crippen LogP) is 0.113. The first kappa shape index (κ1) is 9.17. The van der Waals surface area contributed by atoms with Crippen molar-refractivity contribution in [1.29, 1.82) is 0 Å². The van der Waals surface area contributed by atoms with Gasteiger partial charge in [0.05, 0.1) is 19.9 Å². The Bertz CT molecular complexity index is 326. The highest BCUT2D eigenvalue weighted by atomic mass is 16.7. The molecule has 6 heteroatoms. The molecule has 1 unspecified atom stereocenters. The summed E-state index contributed by atoms with van der Waals surface area (Å²) in [6, 6.07) is 0. The molecule has 1 atom stereocenters. The zero-order valence-electron chi connectivity index (χ0n) is 7.77. The molecular weight excluding hydrogens is 186 g/mol. The molecule has 1 aliphatic rings. The quantitative estimate of drug-likeness (QED) is 0.725. The average molecular weight is 197 g/mol. The van der Waals surface area contributed by atoms with Crippen LogP contribution >= 0.6 is 0 Å². The third kappa shape index (κ3) is 1.61. The van der Waals surface area contributed by atoms with Gasteiger partial charge in [-0.2, -0.15) is 0 Å². The topological polar surface area (TPSA) is 79.5 Å². The van der Waals surface area contributed by atoms with Gasteiger partial charge in [-0.25, -0.2) is 9.97 Å². The highest BCUT2D eigenvalue weighted by molar-refractivity contribution is 5.37. The molecule has 1 aliphatic heterocycles. The highest BCUT2D eigenvalue weighted by Gasteiger charge is 2.23. The average Bonchev–Trinajstić information content (AvgIpc) is 2.71. The first-order valence-corrected chi connectivity index (χ1v) is 4.17. The molecule has 1 saturated heterocycles. The van der Waals surface area contributed by atoms with Gasteiger partial charge in [-0.15, -0.1) is 0 Å². The van der Waals surface area contributed by atoms with Crippen LogP contribution in [0.25, 0.3) is 0 Å². The molecule has 0 aliphatic carbocycles. The van der Waals surface area contributed by atoms with Crippen LogP contribution in [0.3, 0.4) is 0 Å². The maximum absolute atomic E-state index is 5.66. The maximum Gasteiger partial charge on any atom is 0.232 e. The van der Waals surface area contributed by atoms with E-state index in [1.165, 1.54) is 13.3 Å². The minimum absolute atomic E-state index is 0.238. The van der Waals surface area contributed by atoms with Crippen molar-refractivity contribution in [2.24, 2.45) is 0 Å². The first-order valence-electron chi connectivity index (χ1n) is 4.17. The van der Waals surface area contributed by atoms with Crippen molar-refractivity contribution < 1.29 is 14.2 Å². The lowest BCUT2D eigenvalue weighted by molar-refractivity contribution is 0.0455. The van der Waals surface area contributed by atoms with E-state index in [0.717, 1.165) is 0 Å². The Hall–Kier alpha value is -1.40. The summed E-state index contributed by atoms with van der Waals surface area (Å²) < 4.78 is 15.3. The van der Waals surface area contributed by atoms with E-state index >= 15 is 0 Å². The van der Waals surface area contributed by atoms with Crippen LogP contribution in [0.2, 0.25) is 0 Å². The van der Waals surface area contributed by atoms with E-state index in [4.69, 9.17) is 19.9 Å². The summed E-state index contributed by atoms with van der Waals surface area (Å²) in [5.74, 6) is 0.769. The van der Waals surface area contributed by atoms with E-state index in [-0.39, 0.29) is 12.9 Å². The van der Waals surface area contributed by atoms with E-state index in [1.54, 1.807) is 0 Å². The molecule has 14 heavy (non-hydrogen) atoms. The van der Waals surface area contributed by atoms with Gasteiger partial charge >= 0.3 is 0 Å². The smallest absolute Gasteiger partial charge is 0.232 e. The molecule has 0 radical (unpaired) electrons. The molecule has 6 nitrogen and oxygen atoms in total. The normalized spacial score (nSPS) is 21.1.